The Morgan fingerprint density at radius 3 is 2.30 bits per heavy atom. The van der Waals surface area contributed by atoms with Gasteiger partial charge in [0.1, 0.15) is 0 Å². The van der Waals surface area contributed by atoms with Gasteiger partial charge >= 0.3 is 0 Å². The molecule has 0 spiro atoms. The first kappa shape index (κ1) is 16.6. The maximum absolute atomic E-state index is 12.2. The molecule has 7 nitrogen and oxygen atoms in total. The molecule has 0 saturated carbocycles. The second-order valence-corrected chi connectivity index (χ2v) is 6.73. The number of nitrogens with zero attached hydrogens (tertiary/aromatic N) is 2. The lowest BCUT2D eigenvalue weighted by Crippen LogP contribution is -2.14. The molecule has 0 amide bonds. The fourth-order valence-corrected chi connectivity index (χ4v) is 3.11. The van der Waals surface area contributed by atoms with E-state index in [1.807, 2.05) is 0 Å². The molecule has 0 aliphatic heterocycles. The SMILES string of the molecule is CC(CS(=O)(=O)c1ccccc1)=NOc1ccc([N+](=O)[O-])cc1. The van der Waals surface area contributed by atoms with Crippen molar-refractivity contribution >= 4 is 21.2 Å². The number of rotatable bonds is 6. The Balaban J connectivity index is 2.04. The molecule has 0 saturated heterocycles. The Bertz CT molecular complexity index is 815. The molecule has 0 heterocycles. The van der Waals surface area contributed by atoms with Gasteiger partial charge in [0.05, 0.1) is 21.3 Å². The van der Waals surface area contributed by atoms with Gasteiger partial charge in [-0.25, -0.2) is 8.42 Å². The lowest BCUT2D eigenvalue weighted by Gasteiger charge is -2.04. The molecular formula is C15H14N2O5S. The summed E-state index contributed by atoms with van der Waals surface area (Å²) < 4.78 is 24.3. The van der Waals surface area contributed by atoms with E-state index in [2.05, 4.69) is 5.16 Å². The Labute approximate surface area is 133 Å². The third kappa shape index (κ3) is 4.62. The second kappa shape index (κ2) is 7.01. The fraction of sp³-hybridized carbons (Fsp3) is 0.133. The standard InChI is InChI=1S/C15H14N2O5S/c1-12(11-23(20,21)15-5-3-2-4-6-15)16-22-14-9-7-13(8-10-14)17(18)19/h2-10H,11H2,1H3. The molecule has 0 fully saturated rings. The second-order valence-electron chi connectivity index (χ2n) is 4.74. The van der Waals surface area contributed by atoms with Gasteiger partial charge in [-0.2, -0.15) is 0 Å². The van der Waals surface area contributed by atoms with E-state index >= 15 is 0 Å². The number of non-ortho nitro benzene ring substituents is 1. The number of hydrogen-bond acceptors (Lipinski definition) is 6. The van der Waals surface area contributed by atoms with Crippen LogP contribution in [-0.4, -0.2) is 24.8 Å². The smallest absolute Gasteiger partial charge is 0.269 e. The van der Waals surface area contributed by atoms with E-state index in [-0.39, 0.29) is 27.8 Å². The highest BCUT2D eigenvalue weighted by Gasteiger charge is 2.15. The van der Waals surface area contributed by atoms with Crippen LogP contribution in [0.3, 0.4) is 0 Å². The van der Waals surface area contributed by atoms with Crippen molar-refractivity contribution < 1.29 is 18.2 Å². The Morgan fingerprint density at radius 1 is 1.13 bits per heavy atom. The first-order valence-electron chi connectivity index (χ1n) is 6.61. The van der Waals surface area contributed by atoms with Crippen molar-refractivity contribution in [2.45, 2.75) is 11.8 Å². The van der Waals surface area contributed by atoms with Crippen molar-refractivity contribution in [2.24, 2.45) is 5.16 Å². The van der Waals surface area contributed by atoms with Gasteiger partial charge in [-0.3, -0.25) is 10.1 Å². The van der Waals surface area contributed by atoms with Crippen LogP contribution >= 0.6 is 0 Å². The van der Waals surface area contributed by atoms with Gasteiger partial charge in [0.15, 0.2) is 15.6 Å². The number of oxime groups is 1. The summed E-state index contributed by atoms with van der Waals surface area (Å²) >= 11 is 0. The first-order valence-corrected chi connectivity index (χ1v) is 8.26. The molecule has 23 heavy (non-hydrogen) atoms. The van der Waals surface area contributed by atoms with Crippen LogP contribution in [0.15, 0.2) is 64.6 Å². The Kier molecular flexibility index (Phi) is 5.07. The van der Waals surface area contributed by atoms with Gasteiger partial charge in [-0.1, -0.05) is 23.4 Å². The molecule has 8 heteroatoms. The van der Waals surface area contributed by atoms with Crippen molar-refractivity contribution in [1.82, 2.24) is 0 Å². The lowest BCUT2D eigenvalue weighted by molar-refractivity contribution is -0.384. The van der Waals surface area contributed by atoms with Crippen molar-refractivity contribution in [3.8, 4) is 5.75 Å². The molecule has 0 atom stereocenters. The molecular weight excluding hydrogens is 320 g/mol. The summed E-state index contributed by atoms with van der Waals surface area (Å²) in [7, 11) is -3.48. The minimum atomic E-state index is -3.48. The first-order chi connectivity index (χ1) is 10.9. The molecule has 0 aliphatic rings. The number of hydrogen-bond donors (Lipinski definition) is 0. The van der Waals surface area contributed by atoms with Crippen molar-refractivity contribution in [3.63, 3.8) is 0 Å². The predicted octanol–water partition coefficient (Wildman–Crippen LogP) is 2.82. The Hall–Kier alpha value is -2.74. The minimum absolute atomic E-state index is 0.0651. The van der Waals surface area contributed by atoms with E-state index in [9.17, 15) is 18.5 Å². The van der Waals surface area contributed by atoms with Crippen LogP contribution in [0, 0.1) is 10.1 Å². The van der Waals surface area contributed by atoms with E-state index in [1.165, 1.54) is 43.3 Å². The van der Waals surface area contributed by atoms with E-state index in [0.717, 1.165) is 0 Å². The molecule has 0 N–H and O–H groups in total. The number of sulfone groups is 1. The summed E-state index contributed by atoms with van der Waals surface area (Å²) in [6, 6.07) is 13.4. The summed E-state index contributed by atoms with van der Waals surface area (Å²) in [4.78, 5) is 15.3. The van der Waals surface area contributed by atoms with E-state index < -0.39 is 14.8 Å². The van der Waals surface area contributed by atoms with Crippen LogP contribution < -0.4 is 4.84 Å². The monoisotopic (exact) mass is 334 g/mol. The molecule has 120 valence electrons. The van der Waals surface area contributed by atoms with Gasteiger partial charge < -0.3 is 4.84 Å². The molecule has 0 bridgehead atoms. The van der Waals surface area contributed by atoms with Gasteiger partial charge in [-0.05, 0) is 31.2 Å². The summed E-state index contributed by atoms with van der Waals surface area (Å²) in [5.41, 5.74) is 0.205. The normalized spacial score (nSPS) is 12.0. The maximum Gasteiger partial charge on any atom is 0.269 e. The van der Waals surface area contributed by atoms with Crippen LogP contribution in [0.4, 0.5) is 5.69 Å². The molecule has 2 rings (SSSR count). The molecule has 0 aliphatic carbocycles. The highest BCUT2D eigenvalue weighted by atomic mass is 32.2. The molecule has 0 unspecified atom stereocenters. The highest BCUT2D eigenvalue weighted by Crippen LogP contribution is 2.17. The predicted molar refractivity (Wildman–Crippen MR) is 85.3 cm³/mol. The van der Waals surface area contributed by atoms with E-state index in [0.29, 0.717) is 0 Å². The largest absolute Gasteiger partial charge is 0.357 e. The molecule has 0 radical (unpaired) electrons. The van der Waals surface area contributed by atoms with Gasteiger partial charge in [0.2, 0.25) is 0 Å². The molecule has 2 aromatic rings. The van der Waals surface area contributed by atoms with E-state index in [1.54, 1.807) is 18.2 Å². The van der Waals surface area contributed by atoms with Crippen LogP contribution in [-0.2, 0) is 9.84 Å². The average molecular weight is 334 g/mol. The van der Waals surface area contributed by atoms with Gasteiger partial charge in [0, 0.05) is 12.1 Å². The van der Waals surface area contributed by atoms with Crippen molar-refractivity contribution in [1.29, 1.82) is 0 Å². The van der Waals surface area contributed by atoms with Gasteiger partial charge in [-0.15, -0.1) is 0 Å². The van der Waals surface area contributed by atoms with Crippen LogP contribution in [0.1, 0.15) is 6.92 Å². The zero-order valence-corrected chi connectivity index (χ0v) is 13.1. The number of nitro benzene ring substituents is 1. The van der Waals surface area contributed by atoms with Crippen molar-refractivity contribution in [2.75, 3.05) is 5.75 Å². The fourth-order valence-electron chi connectivity index (χ4n) is 1.77. The van der Waals surface area contributed by atoms with Gasteiger partial charge in [0.25, 0.3) is 5.69 Å². The quantitative estimate of drug-likeness (QED) is 0.459. The number of nitro groups is 1. The summed E-state index contributed by atoms with van der Waals surface area (Å²) in [5.74, 6) is 0.0105. The number of benzene rings is 2. The molecule has 0 aromatic heterocycles. The third-order valence-electron chi connectivity index (χ3n) is 2.86. The topological polar surface area (TPSA) is 98.9 Å². The lowest BCUT2D eigenvalue weighted by atomic mass is 10.3. The highest BCUT2D eigenvalue weighted by molar-refractivity contribution is 7.92. The third-order valence-corrected chi connectivity index (χ3v) is 4.64. The maximum atomic E-state index is 12.2. The Morgan fingerprint density at radius 2 is 1.74 bits per heavy atom. The van der Waals surface area contributed by atoms with Crippen LogP contribution in [0.2, 0.25) is 0 Å². The van der Waals surface area contributed by atoms with Crippen LogP contribution in [0.25, 0.3) is 0 Å². The van der Waals surface area contributed by atoms with Crippen molar-refractivity contribution in [3.05, 3.63) is 64.7 Å². The summed E-state index contributed by atoms with van der Waals surface area (Å²) in [6.45, 7) is 1.53. The zero-order valence-electron chi connectivity index (χ0n) is 12.2. The zero-order chi connectivity index (χ0) is 16.9. The van der Waals surface area contributed by atoms with E-state index in [4.69, 9.17) is 4.84 Å². The minimum Gasteiger partial charge on any atom is -0.357 e. The summed E-state index contributed by atoms with van der Waals surface area (Å²) in [6.07, 6.45) is 0. The summed E-state index contributed by atoms with van der Waals surface area (Å²) in [5, 5.41) is 14.3. The van der Waals surface area contributed by atoms with Crippen LogP contribution in [0.5, 0.6) is 5.75 Å². The molecule has 2 aromatic carbocycles. The average Bonchev–Trinajstić information content (AvgIpc) is 2.54.